The van der Waals surface area contributed by atoms with Crippen LogP contribution in [-0.4, -0.2) is 29.0 Å². The molecule has 1 aromatic rings. The minimum absolute atomic E-state index is 0.0372. The number of thioether (sulfide) groups is 1. The van der Waals surface area contributed by atoms with Crippen molar-refractivity contribution in [1.29, 1.82) is 5.41 Å². The summed E-state index contributed by atoms with van der Waals surface area (Å²) in [6, 6.07) is 6.34. The summed E-state index contributed by atoms with van der Waals surface area (Å²) in [5.74, 6) is 0.382. The third kappa shape index (κ3) is 6.33. The van der Waals surface area contributed by atoms with Crippen molar-refractivity contribution in [2.75, 3.05) is 12.4 Å². The van der Waals surface area contributed by atoms with Gasteiger partial charge in [0.15, 0.2) is 0 Å². The minimum atomic E-state index is -0.431. The molecule has 20 heavy (non-hydrogen) atoms. The van der Waals surface area contributed by atoms with Crippen molar-refractivity contribution in [3.8, 4) is 0 Å². The van der Waals surface area contributed by atoms with Crippen molar-refractivity contribution in [2.45, 2.75) is 24.7 Å². The first-order valence-electron chi connectivity index (χ1n) is 6.06. The molecule has 1 rings (SSSR count). The summed E-state index contributed by atoms with van der Waals surface area (Å²) in [5, 5.41) is 17.6. The lowest BCUT2D eigenvalue weighted by molar-refractivity contribution is -0.384. The number of carbonyl (C=O) groups is 1. The molecular formula is C13H16N2O4S. The van der Waals surface area contributed by atoms with E-state index in [-0.39, 0.29) is 23.8 Å². The molecule has 0 aliphatic heterocycles. The summed E-state index contributed by atoms with van der Waals surface area (Å²) < 4.78 is 4.96. The van der Waals surface area contributed by atoms with Gasteiger partial charge in [-0.05, 0) is 25.5 Å². The van der Waals surface area contributed by atoms with Gasteiger partial charge in [0.25, 0.3) is 5.69 Å². The highest BCUT2D eigenvalue weighted by molar-refractivity contribution is 7.99. The zero-order chi connectivity index (χ0) is 15.0. The van der Waals surface area contributed by atoms with Gasteiger partial charge in [0, 0.05) is 28.5 Å². The predicted molar refractivity (Wildman–Crippen MR) is 77.4 cm³/mol. The van der Waals surface area contributed by atoms with E-state index >= 15 is 0 Å². The highest BCUT2D eigenvalue weighted by Gasteiger charge is 2.05. The molecule has 1 N–H and O–H groups in total. The number of nitrogens with one attached hydrogen (secondary N) is 1. The number of carbonyl (C=O) groups excluding carboxylic acids is 1. The maximum atomic E-state index is 11.2. The van der Waals surface area contributed by atoms with Crippen LogP contribution in [0.4, 0.5) is 5.69 Å². The second-order valence-corrected chi connectivity index (χ2v) is 5.30. The zero-order valence-corrected chi connectivity index (χ0v) is 11.9. The van der Waals surface area contributed by atoms with Crippen molar-refractivity contribution in [3.05, 3.63) is 34.4 Å². The first-order chi connectivity index (χ1) is 9.49. The molecule has 0 atom stereocenters. The van der Waals surface area contributed by atoms with Crippen LogP contribution in [0.2, 0.25) is 0 Å². The summed E-state index contributed by atoms with van der Waals surface area (Å²) in [6.45, 7) is 1.89. The molecule has 0 saturated heterocycles. The van der Waals surface area contributed by atoms with Gasteiger partial charge in [-0.1, -0.05) is 0 Å². The van der Waals surface area contributed by atoms with E-state index in [9.17, 15) is 14.9 Å². The molecule has 0 fully saturated rings. The van der Waals surface area contributed by atoms with Crippen molar-refractivity contribution in [2.24, 2.45) is 0 Å². The van der Waals surface area contributed by atoms with E-state index in [4.69, 9.17) is 10.1 Å². The summed E-state index contributed by atoms with van der Waals surface area (Å²) >= 11 is 1.55. The van der Waals surface area contributed by atoms with Crippen molar-refractivity contribution in [3.63, 3.8) is 0 Å². The molecule has 0 spiro atoms. The molecule has 7 heteroatoms. The Hall–Kier alpha value is -1.89. The van der Waals surface area contributed by atoms with Crippen LogP contribution in [0.5, 0.6) is 0 Å². The average Bonchev–Trinajstić information content (AvgIpc) is 2.38. The number of ether oxygens (including phenoxy) is 1. The van der Waals surface area contributed by atoms with Crippen molar-refractivity contribution in [1.82, 2.24) is 0 Å². The highest BCUT2D eigenvalue weighted by atomic mass is 32.2. The Labute approximate surface area is 121 Å². The van der Waals surface area contributed by atoms with E-state index < -0.39 is 4.92 Å². The molecule has 6 nitrogen and oxygen atoms in total. The smallest absolute Gasteiger partial charge is 0.311 e. The van der Waals surface area contributed by atoms with Gasteiger partial charge >= 0.3 is 5.97 Å². The van der Waals surface area contributed by atoms with Gasteiger partial charge < -0.3 is 10.1 Å². The topological polar surface area (TPSA) is 93.3 Å². The third-order valence-corrected chi connectivity index (χ3v) is 3.38. The minimum Gasteiger partial charge on any atom is -0.465 e. The van der Waals surface area contributed by atoms with Crippen molar-refractivity contribution < 1.29 is 14.5 Å². The van der Waals surface area contributed by atoms with Gasteiger partial charge in [0.2, 0.25) is 0 Å². The number of benzene rings is 1. The number of esters is 1. The Kier molecular flexibility index (Phi) is 6.72. The Balaban J connectivity index is 2.19. The van der Waals surface area contributed by atoms with Crippen LogP contribution in [0.15, 0.2) is 29.2 Å². The maximum Gasteiger partial charge on any atom is 0.311 e. The summed E-state index contributed by atoms with van der Waals surface area (Å²) in [7, 11) is 0. The lowest BCUT2D eigenvalue weighted by atomic mass is 10.3. The molecule has 0 radical (unpaired) electrons. The second kappa shape index (κ2) is 8.31. The lowest BCUT2D eigenvalue weighted by Crippen LogP contribution is -2.09. The number of nitro benzene ring substituents is 1. The maximum absolute atomic E-state index is 11.2. The Morgan fingerprint density at radius 3 is 2.60 bits per heavy atom. The summed E-state index contributed by atoms with van der Waals surface area (Å²) in [6.07, 6.45) is 0.736. The number of nitrogens with zero attached hydrogens (tertiary/aromatic N) is 1. The molecule has 0 aliphatic rings. The van der Waals surface area contributed by atoms with Crippen molar-refractivity contribution >= 4 is 29.1 Å². The zero-order valence-electron chi connectivity index (χ0n) is 11.1. The molecule has 0 heterocycles. The van der Waals surface area contributed by atoms with Crippen LogP contribution in [-0.2, 0) is 9.53 Å². The van der Waals surface area contributed by atoms with E-state index in [1.165, 1.54) is 12.1 Å². The molecule has 0 bridgehead atoms. The summed E-state index contributed by atoms with van der Waals surface area (Å²) in [4.78, 5) is 22.2. The van der Waals surface area contributed by atoms with Crippen LogP contribution < -0.4 is 0 Å². The SMILES string of the molecule is CC(=N)CC(=O)OCCCSc1ccc([N+](=O)[O-])cc1. The molecule has 108 valence electrons. The Morgan fingerprint density at radius 1 is 1.40 bits per heavy atom. The number of non-ortho nitro benzene ring substituents is 1. The van der Waals surface area contributed by atoms with Gasteiger partial charge in [-0.25, -0.2) is 0 Å². The fourth-order valence-electron chi connectivity index (χ4n) is 1.37. The van der Waals surface area contributed by atoms with Crippen LogP contribution in [0.3, 0.4) is 0 Å². The van der Waals surface area contributed by atoms with Crippen LogP contribution in [0.1, 0.15) is 19.8 Å². The molecule has 0 aromatic heterocycles. The highest BCUT2D eigenvalue weighted by Crippen LogP contribution is 2.21. The molecular weight excluding hydrogens is 280 g/mol. The normalized spacial score (nSPS) is 10.1. The first kappa shape index (κ1) is 16.2. The second-order valence-electron chi connectivity index (χ2n) is 4.13. The standard InChI is InChI=1S/C13H16N2O4S/c1-10(14)9-13(16)19-7-2-8-20-12-5-3-11(4-6-12)15(17)18/h3-6,14H,2,7-9H2,1H3. The van der Waals surface area contributed by atoms with Crippen LogP contribution in [0, 0.1) is 15.5 Å². The van der Waals surface area contributed by atoms with Gasteiger partial charge in [-0.3, -0.25) is 14.9 Å². The third-order valence-electron chi connectivity index (χ3n) is 2.28. The molecule has 0 amide bonds. The number of hydrogen-bond acceptors (Lipinski definition) is 6. The van der Waals surface area contributed by atoms with Crippen LogP contribution in [0.25, 0.3) is 0 Å². The Bertz CT molecular complexity index is 488. The van der Waals surface area contributed by atoms with Gasteiger partial charge in [0.1, 0.15) is 0 Å². The van der Waals surface area contributed by atoms with Gasteiger partial charge in [0.05, 0.1) is 18.0 Å². The predicted octanol–water partition coefficient (Wildman–Crippen LogP) is 3.05. The van der Waals surface area contributed by atoms with Gasteiger partial charge in [-0.2, -0.15) is 0 Å². The first-order valence-corrected chi connectivity index (χ1v) is 7.04. The fourth-order valence-corrected chi connectivity index (χ4v) is 2.19. The van der Waals surface area contributed by atoms with E-state index in [1.54, 1.807) is 30.8 Å². The number of rotatable bonds is 8. The lowest BCUT2D eigenvalue weighted by Gasteiger charge is -2.04. The van der Waals surface area contributed by atoms with Gasteiger partial charge in [-0.15, -0.1) is 11.8 Å². The molecule has 0 unspecified atom stereocenters. The van der Waals surface area contributed by atoms with E-state index in [1.807, 2.05) is 0 Å². The quantitative estimate of drug-likeness (QED) is 0.199. The number of nitro groups is 1. The largest absolute Gasteiger partial charge is 0.465 e. The Morgan fingerprint density at radius 2 is 2.05 bits per heavy atom. The average molecular weight is 296 g/mol. The molecule has 1 aromatic carbocycles. The van der Waals surface area contributed by atoms with E-state index in [2.05, 4.69) is 0 Å². The van der Waals surface area contributed by atoms with Crippen LogP contribution >= 0.6 is 11.8 Å². The monoisotopic (exact) mass is 296 g/mol. The number of hydrogen-bond donors (Lipinski definition) is 1. The summed E-state index contributed by atoms with van der Waals surface area (Å²) in [5.41, 5.74) is 0.362. The molecule has 0 aliphatic carbocycles. The fraction of sp³-hybridized carbons (Fsp3) is 0.385. The molecule has 0 saturated carbocycles. The van der Waals surface area contributed by atoms with E-state index in [0.717, 1.165) is 10.6 Å². The van der Waals surface area contributed by atoms with E-state index in [0.29, 0.717) is 13.0 Å².